The Hall–Kier alpha value is -2.74. The third kappa shape index (κ3) is 6.41. The largest absolute Gasteiger partial charge is 0.493 e. The van der Waals surface area contributed by atoms with Crippen LogP contribution in [0.5, 0.6) is 11.5 Å². The fraction of sp³-hybridized carbons (Fsp3) is 0.280. The molecule has 1 heterocycles. The van der Waals surface area contributed by atoms with E-state index >= 15 is 0 Å². The van der Waals surface area contributed by atoms with Gasteiger partial charge in [0.25, 0.3) is 11.1 Å². The molecule has 0 radical (unpaired) electrons. The van der Waals surface area contributed by atoms with Gasteiger partial charge in [0.2, 0.25) is 0 Å². The summed E-state index contributed by atoms with van der Waals surface area (Å²) in [7, 11) is 3.15. The smallest absolute Gasteiger partial charge is 0.293 e. The lowest BCUT2D eigenvalue weighted by Crippen LogP contribution is -2.29. The van der Waals surface area contributed by atoms with E-state index in [1.165, 1.54) is 4.90 Å². The van der Waals surface area contributed by atoms with Gasteiger partial charge in [-0.3, -0.25) is 14.5 Å². The Labute approximate surface area is 203 Å². The topological polar surface area (TPSA) is 65.1 Å². The van der Waals surface area contributed by atoms with Crippen LogP contribution in [0.25, 0.3) is 6.08 Å². The number of methoxy groups -OCH3 is 2. The molecule has 6 nitrogen and oxygen atoms in total. The first-order valence-electron chi connectivity index (χ1n) is 10.4. The van der Waals surface area contributed by atoms with E-state index < -0.39 is 0 Å². The standard InChI is InChI=1S/C25H26ClNO5S/c1-4-6-19-13-18(15-22-24(28)27(25(29)33-22)11-5-12-30-2)14-21(31-3)23(19)32-16-17-7-9-20(26)10-8-17/h4,7-10,13-15H,1,5-6,11-12,16H2,2-3H3/b22-15+. The predicted molar refractivity (Wildman–Crippen MR) is 132 cm³/mol. The molecule has 3 rings (SSSR count). The first-order chi connectivity index (χ1) is 16.0. The van der Waals surface area contributed by atoms with Crippen molar-refractivity contribution in [2.45, 2.75) is 19.4 Å². The van der Waals surface area contributed by atoms with E-state index in [-0.39, 0.29) is 11.1 Å². The molecule has 2 aromatic rings. The van der Waals surface area contributed by atoms with Crippen molar-refractivity contribution in [3.63, 3.8) is 0 Å². The van der Waals surface area contributed by atoms with Crippen molar-refractivity contribution in [1.82, 2.24) is 4.90 Å². The molecule has 1 saturated heterocycles. The zero-order chi connectivity index (χ0) is 23.8. The van der Waals surface area contributed by atoms with Crippen LogP contribution in [0.15, 0.2) is 54.0 Å². The molecule has 2 amide bonds. The number of hydrogen-bond acceptors (Lipinski definition) is 6. The van der Waals surface area contributed by atoms with Gasteiger partial charge < -0.3 is 14.2 Å². The predicted octanol–water partition coefficient (Wildman–Crippen LogP) is 5.73. The summed E-state index contributed by atoms with van der Waals surface area (Å²) in [6.07, 6.45) is 4.63. The summed E-state index contributed by atoms with van der Waals surface area (Å²) in [6.45, 7) is 5.00. The van der Waals surface area contributed by atoms with Crippen molar-refractivity contribution in [2.24, 2.45) is 0 Å². The highest BCUT2D eigenvalue weighted by molar-refractivity contribution is 8.18. The quantitative estimate of drug-likeness (QED) is 0.229. The molecule has 0 bridgehead atoms. The highest BCUT2D eigenvalue weighted by atomic mass is 35.5. The fourth-order valence-electron chi connectivity index (χ4n) is 3.34. The monoisotopic (exact) mass is 487 g/mol. The van der Waals surface area contributed by atoms with Gasteiger partial charge >= 0.3 is 0 Å². The summed E-state index contributed by atoms with van der Waals surface area (Å²) in [6, 6.07) is 11.1. The van der Waals surface area contributed by atoms with Gasteiger partial charge in [-0.15, -0.1) is 6.58 Å². The Kier molecular flexibility index (Phi) is 9.00. The molecule has 0 spiro atoms. The van der Waals surface area contributed by atoms with Crippen LogP contribution in [0.4, 0.5) is 4.79 Å². The number of imide groups is 1. The summed E-state index contributed by atoms with van der Waals surface area (Å²) in [4.78, 5) is 26.6. The number of halogens is 1. The van der Waals surface area contributed by atoms with E-state index in [9.17, 15) is 9.59 Å². The summed E-state index contributed by atoms with van der Waals surface area (Å²) in [5.41, 5.74) is 2.58. The molecule has 8 heteroatoms. The second-order valence-corrected chi connectivity index (χ2v) is 8.73. The number of benzene rings is 2. The number of thioether (sulfide) groups is 1. The number of ether oxygens (including phenoxy) is 3. The lowest BCUT2D eigenvalue weighted by molar-refractivity contribution is -0.122. The van der Waals surface area contributed by atoms with Crippen molar-refractivity contribution in [1.29, 1.82) is 0 Å². The van der Waals surface area contributed by atoms with E-state index in [1.54, 1.807) is 32.4 Å². The van der Waals surface area contributed by atoms with Gasteiger partial charge in [-0.05, 0) is 66.1 Å². The average Bonchev–Trinajstić information content (AvgIpc) is 3.06. The molecule has 0 saturated carbocycles. The van der Waals surface area contributed by atoms with Crippen LogP contribution in [0, 0.1) is 0 Å². The Morgan fingerprint density at radius 3 is 2.58 bits per heavy atom. The van der Waals surface area contributed by atoms with Crippen molar-refractivity contribution in [2.75, 3.05) is 27.4 Å². The van der Waals surface area contributed by atoms with Gasteiger partial charge in [0.15, 0.2) is 11.5 Å². The number of rotatable bonds is 11. The van der Waals surface area contributed by atoms with Gasteiger partial charge in [0.05, 0.1) is 12.0 Å². The molecule has 174 valence electrons. The van der Waals surface area contributed by atoms with Crippen LogP contribution in [0.2, 0.25) is 5.02 Å². The Bertz CT molecular complexity index is 1050. The molecule has 0 aliphatic carbocycles. The van der Waals surface area contributed by atoms with Gasteiger partial charge in [-0.2, -0.15) is 0 Å². The zero-order valence-electron chi connectivity index (χ0n) is 18.6. The molecule has 0 atom stereocenters. The lowest BCUT2D eigenvalue weighted by Gasteiger charge is -2.16. The fourth-order valence-corrected chi connectivity index (χ4v) is 4.33. The number of carbonyl (C=O) groups excluding carboxylic acids is 2. The highest BCUT2D eigenvalue weighted by Gasteiger charge is 2.34. The Balaban J connectivity index is 1.85. The van der Waals surface area contributed by atoms with Crippen molar-refractivity contribution < 1.29 is 23.8 Å². The van der Waals surface area contributed by atoms with Crippen LogP contribution in [0.3, 0.4) is 0 Å². The summed E-state index contributed by atoms with van der Waals surface area (Å²) in [5, 5.41) is 0.389. The first-order valence-corrected chi connectivity index (χ1v) is 11.6. The van der Waals surface area contributed by atoms with E-state index in [4.69, 9.17) is 25.8 Å². The summed E-state index contributed by atoms with van der Waals surface area (Å²) < 4.78 is 16.7. The van der Waals surface area contributed by atoms with Crippen LogP contribution < -0.4 is 9.47 Å². The van der Waals surface area contributed by atoms with Gasteiger partial charge in [0.1, 0.15) is 6.61 Å². The average molecular weight is 488 g/mol. The maximum atomic E-state index is 12.7. The van der Waals surface area contributed by atoms with Crippen LogP contribution >= 0.6 is 23.4 Å². The second kappa shape index (κ2) is 11.9. The first kappa shape index (κ1) is 24.9. The number of amides is 2. The Morgan fingerprint density at radius 2 is 1.91 bits per heavy atom. The molecular weight excluding hydrogens is 462 g/mol. The molecular formula is C25H26ClNO5S. The normalized spacial score (nSPS) is 14.8. The molecule has 2 aromatic carbocycles. The van der Waals surface area contributed by atoms with Gasteiger partial charge in [-0.1, -0.05) is 29.8 Å². The van der Waals surface area contributed by atoms with E-state index in [0.717, 1.165) is 28.5 Å². The van der Waals surface area contributed by atoms with Crippen molar-refractivity contribution in [3.8, 4) is 11.5 Å². The molecule has 1 aliphatic rings. The lowest BCUT2D eigenvalue weighted by atomic mass is 10.0. The zero-order valence-corrected chi connectivity index (χ0v) is 20.2. The molecule has 33 heavy (non-hydrogen) atoms. The van der Waals surface area contributed by atoms with E-state index in [2.05, 4.69) is 6.58 Å². The molecule has 1 aliphatic heterocycles. The number of nitrogens with zero attached hydrogens (tertiary/aromatic N) is 1. The maximum absolute atomic E-state index is 12.7. The molecule has 0 unspecified atom stereocenters. The van der Waals surface area contributed by atoms with Gasteiger partial charge in [-0.25, -0.2) is 0 Å². The highest BCUT2D eigenvalue weighted by Crippen LogP contribution is 2.37. The van der Waals surface area contributed by atoms with E-state index in [0.29, 0.717) is 54.0 Å². The molecule has 0 N–H and O–H groups in total. The minimum absolute atomic E-state index is 0.274. The minimum Gasteiger partial charge on any atom is -0.493 e. The van der Waals surface area contributed by atoms with E-state index in [1.807, 2.05) is 30.3 Å². The number of carbonyl (C=O) groups is 2. The minimum atomic E-state index is -0.298. The molecule has 0 aromatic heterocycles. The summed E-state index contributed by atoms with van der Waals surface area (Å²) >= 11 is 6.89. The SMILES string of the molecule is C=CCc1cc(/C=C2/SC(=O)N(CCCOC)C2=O)cc(OC)c1OCc1ccc(Cl)cc1. The summed E-state index contributed by atoms with van der Waals surface area (Å²) in [5.74, 6) is 0.847. The molecule has 1 fully saturated rings. The maximum Gasteiger partial charge on any atom is 0.293 e. The van der Waals surface area contributed by atoms with Crippen LogP contribution in [-0.4, -0.2) is 43.4 Å². The number of hydrogen-bond donors (Lipinski definition) is 0. The second-order valence-electron chi connectivity index (χ2n) is 7.30. The van der Waals surface area contributed by atoms with Crippen LogP contribution in [-0.2, 0) is 22.6 Å². The third-order valence-electron chi connectivity index (χ3n) is 4.94. The van der Waals surface area contributed by atoms with Crippen LogP contribution in [0.1, 0.15) is 23.1 Å². The Morgan fingerprint density at radius 1 is 1.15 bits per heavy atom. The van der Waals surface area contributed by atoms with Crippen molar-refractivity contribution in [3.05, 3.63) is 75.7 Å². The van der Waals surface area contributed by atoms with Crippen molar-refractivity contribution >= 4 is 40.6 Å². The van der Waals surface area contributed by atoms with Gasteiger partial charge in [0, 0.05) is 30.8 Å². The third-order valence-corrected chi connectivity index (χ3v) is 6.10. The number of allylic oxidation sites excluding steroid dienone is 1.